The fourth-order valence-electron chi connectivity index (χ4n) is 5.46. The second-order valence-corrected chi connectivity index (χ2v) is 11.7. The minimum absolute atomic E-state index is 0.0364. The third-order valence-corrected chi connectivity index (χ3v) is 8.91. The van der Waals surface area contributed by atoms with Gasteiger partial charge in [-0.05, 0) is 54.8 Å². The van der Waals surface area contributed by atoms with Crippen molar-refractivity contribution >= 4 is 32.7 Å². The Kier molecular flexibility index (Phi) is 7.39. The lowest BCUT2D eigenvalue weighted by Crippen LogP contribution is -2.55. The Hall–Kier alpha value is -4.15. The number of ether oxygens (including phenoxy) is 1. The topological polar surface area (TPSA) is 121 Å². The lowest BCUT2D eigenvalue weighted by atomic mass is 9.91. The lowest BCUT2D eigenvalue weighted by Gasteiger charge is -2.36. The van der Waals surface area contributed by atoms with E-state index in [2.05, 4.69) is 15.2 Å². The first-order chi connectivity index (χ1) is 19.2. The van der Waals surface area contributed by atoms with E-state index in [0.717, 1.165) is 27.7 Å². The van der Waals surface area contributed by atoms with Gasteiger partial charge in [-0.15, -0.1) is 4.83 Å². The van der Waals surface area contributed by atoms with Crippen LogP contribution < -0.4 is 15.0 Å². The van der Waals surface area contributed by atoms with Gasteiger partial charge in [-0.3, -0.25) is 15.0 Å². The van der Waals surface area contributed by atoms with Crippen molar-refractivity contribution in [3.05, 3.63) is 95.2 Å². The Balaban J connectivity index is 1.53. The van der Waals surface area contributed by atoms with Crippen molar-refractivity contribution in [1.82, 2.24) is 20.1 Å². The number of hydrogen-bond acceptors (Lipinski definition) is 5. The molecule has 0 radical (unpaired) electrons. The number of aromatic nitrogens is 1. The molecule has 0 spiro atoms. The van der Waals surface area contributed by atoms with Gasteiger partial charge in [-0.25, -0.2) is 8.42 Å². The summed E-state index contributed by atoms with van der Waals surface area (Å²) in [4.78, 5) is 35.0. The monoisotopic (exact) mass is 560 g/mol. The number of carbonyl (C=O) groups excluding carboxylic acids is 2. The summed E-state index contributed by atoms with van der Waals surface area (Å²) in [6.45, 7) is 5.78. The van der Waals surface area contributed by atoms with Crippen molar-refractivity contribution in [3.8, 4) is 5.75 Å². The lowest BCUT2D eigenvalue weighted by molar-refractivity contribution is -0.128. The highest BCUT2D eigenvalue weighted by molar-refractivity contribution is 7.89. The molecule has 40 heavy (non-hydrogen) atoms. The molecule has 9 nitrogen and oxygen atoms in total. The SMILES string of the molecule is CCC(C)C(C(=O)NNS(=O)(=O)c1ccc(OC)cc1)N1C(=O)c2ccccc2C1c1c(C)[nH]c2ccccc12. The highest BCUT2D eigenvalue weighted by Crippen LogP contribution is 2.44. The van der Waals surface area contributed by atoms with Gasteiger partial charge in [0.05, 0.1) is 18.0 Å². The van der Waals surface area contributed by atoms with E-state index in [0.29, 0.717) is 17.7 Å². The Morgan fingerprint density at radius 3 is 2.42 bits per heavy atom. The van der Waals surface area contributed by atoms with E-state index in [1.165, 1.54) is 31.4 Å². The molecule has 0 saturated carbocycles. The van der Waals surface area contributed by atoms with Gasteiger partial charge in [-0.2, -0.15) is 0 Å². The Labute approximate surface area is 233 Å². The predicted molar refractivity (Wildman–Crippen MR) is 152 cm³/mol. The van der Waals surface area contributed by atoms with Crippen molar-refractivity contribution in [2.45, 2.75) is 44.2 Å². The van der Waals surface area contributed by atoms with Gasteiger partial charge >= 0.3 is 0 Å². The van der Waals surface area contributed by atoms with Gasteiger partial charge in [-0.1, -0.05) is 56.7 Å². The molecule has 1 aliphatic rings. The summed E-state index contributed by atoms with van der Waals surface area (Å²) in [6, 6.07) is 19.6. The first-order valence-corrected chi connectivity index (χ1v) is 14.6. The van der Waals surface area contributed by atoms with Crippen LogP contribution in [0.2, 0.25) is 0 Å². The molecule has 3 aromatic carbocycles. The zero-order chi connectivity index (χ0) is 28.6. The largest absolute Gasteiger partial charge is 0.497 e. The quantitative estimate of drug-likeness (QED) is 0.261. The van der Waals surface area contributed by atoms with Crippen LogP contribution in [0.4, 0.5) is 0 Å². The van der Waals surface area contributed by atoms with Crippen molar-refractivity contribution in [1.29, 1.82) is 0 Å². The number of nitrogens with zero attached hydrogens (tertiary/aromatic N) is 1. The van der Waals surface area contributed by atoms with Gasteiger partial charge < -0.3 is 14.6 Å². The number of rotatable bonds is 9. The zero-order valence-corrected chi connectivity index (χ0v) is 23.6. The molecular weight excluding hydrogens is 528 g/mol. The third-order valence-electron chi connectivity index (χ3n) is 7.64. The molecular formula is C30H32N4O5S. The number of H-pyrrole nitrogens is 1. The molecule has 2 heterocycles. The zero-order valence-electron chi connectivity index (χ0n) is 22.8. The molecule has 4 aromatic rings. The standard InChI is InChI=1S/C30H32N4O5S/c1-5-18(2)27(29(35)32-33-40(37,38)21-16-14-20(39-4)15-17-21)34-28(22-10-6-7-11-23(22)30(34)36)26-19(3)31-25-13-9-8-12-24(25)26/h6-18,27-28,31,33H,5H2,1-4H3,(H,32,35). The number of carbonyl (C=O) groups is 2. The molecule has 1 aliphatic heterocycles. The van der Waals surface area contributed by atoms with Crippen molar-refractivity contribution < 1.29 is 22.7 Å². The summed E-state index contributed by atoms with van der Waals surface area (Å²) in [5.74, 6) is -0.666. The number of benzene rings is 3. The van der Waals surface area contributed by atoms with E-state index in [-0.39, 0.29) is 16.7 Å². The maximum atomic E-state index is 14.0. The first-order valence-electron chi connectivity index (χ1n) is 13.1. The van der Waals surface area contributed by atoms with Crippen LogP contribution in [0.15, 0.2) is 77.7 Å². The number of hydrogen-bond donors (Lipinski definition) is 3. The van der Waals surface area contributed by atoms with Gasteiger partial charge in [0.15, 0.2) is 0 Å². The second kappa shape index (κ2) is 10.8. The number of sulfonamides is 1. The molecule has 5 rings (SSSR count). The molecule has 0 aliphatic carbocycles. The minimum Gasteiger partial charge on any atom is -0.497 e. The average molecular weight is 561 g/mol. The maximum Gasteiger partial charge on any atom is 0.258 e. The normalized spacial score (nSPS) is 16.6. The third kappa shape index (κ3) is 4.73. The van der Waals surface area contributed by atoms with Crippen LogP contribution in [0.25, 0.3) is 10.9 Å². The highest BCUT2D eigenvalue weighted by Gasteiger charge is 2.46. The molecule has 0 bridgehead atoms. The number of methoxy groups -OCH3 is 1. The molecule has 10 heteroatoms. The van der Waals surface area contributed by atoms with Gasteiger partial charge in [0.1, 0.15) is 11.8 Å². The number of hydrazine groups is 1. The summed E-state index contributed by atoms with van der Waals surface area (Å²) in [7, 11) is -2.59. The average Bonchev–Trinajstić information content (AvgIpc) is 3.44. The molecule has 208 valence electrons. The predicted octanol–water partition coefficient (Wildman–Crippen LogP) is 4.45. The Morgan fingerprint density at radius 2 is 1.73 bits per heavy atom. The number of amides is 2. The fraction of sp³-hybridized carbons (Fsp3) is 0.267. The van der Waals surface area contributed by atoms with Gasteiger partial charge in [0.25, 0.3) is 21.8 Å². The summed E-state index contributed by atoms with van der Waals surface area (Å²) in [5.41, 5.74) is 6.47. The first kappa shape index (κ1) is 27.4. The number of para-hydroxylation sites is 1. The van der Waals surface area contributed by atoms with Crippen LogP contribution in [-0.4, -0.2) is 43.3 Å². The number of aromatic amines is 1. The second-order valence-electron chi connectivity index (χ2n) is 10.0. The molecule has 3 atom stereocenters. The van der Waals surface area contributed by atoms with E-state index < -0.39 is 28.0 Å². The number of fused-ring (bicyclic) bond motifs is 2. The molecule has 0 saturated heterocycles. The molecule has 0 fully saturated rings. The van der Waals surface area contributed by atoms with E-state index in [4.69, 9.17) is 4.74 Å². The maximum absolute atomic E-state index is 14.0. The number of nitrogens with one attached hydrogen (secondary N) is 3. The van der Waals surface area contributed by atoms with Crippen molar-refractivity contribution in [3.63, 3.8) is 0 Å². The van der Waals surface area contributed by atoms with Crippen LogP contribution >= 0.6 is 0 Å². The van der Waals surface area contributed by atoms with Crippen molar-refractivity contribution in [2.24, 2.45) is 5.92 Å². The van der Waals surface area contributed by atoms with Crippen molar-refractivity contribution in [2.75, 3.05) is 7.11 Å². The molecule has 2 amide bonds. The minimum atomic E-state index is -4.08. The molecule has 3 unspecified atom stereocenters. The van der Waals surface area contributed by atoms with E-state index in [1.807, 2.05) is 57.2 Å². The fourth-order valence-corrected chi connectivity index (χ4v) is 6.30. The van der Waals surface area contributed by atoms with Crippen LogP contribution in [0, 0.1) is 12.8 Å². The number of aryl methyl sites for hydroxylation is 1. The summed E-state index contributed by atoms with van der Waals surface area (Å²) in [6.07, 6.45) is 0.586. The summed E-state index contributed by atoms with van der Waals surface area (Å²) >= 11 is 0. The highest BCUT2D eigenvalue weighted by atomic mass is 32.2. The van der Waals surface area contributed by atoms with Crippen LogP contribution in [0.5, 0.6) is 5.75 Å². The molecule has 3 N–H and O–H groups in total. The Bertz CT molecular complexity index is 1680. The van der Waals surface area contributed by atoms with Crippen LogP contribution in [0.1, 0.15) is 53.5 Å². The molecule has 1 aromatic heterocycles. The van der Waals surface area contributed by atoms with Gasteiger partial charge in [0, 0.05) is 27.7 Å². The smallest absolute Gasteiger partial charge is 0.258 e. The van der Waals surface area contributed by atoms with E-state index in [1.54, 1.807) is 17.0 Å². The summed E-state index contributed by atoms with van der Waals surface area (Å²) < 4.78 is 31.0. The van der Waals surface area contributed by atoms with E-state index >= 15 is 0 Å². The van der Waals surface area contributed by atoms with E-state index in [9.17, 15) is 18.0 Å². The summed E-state index contributed by atoms with van der Waals surface area (Å²) in [5, 5.41) is 0.961. The van der Waals surface area contributed by atoms with Gasteiger partial charge in [0.2, 0.25) is 0 Å². The van der Waals surface area contributed by atoms with Crippen LogP contribution in [-0.2, 0) is 14.8 Å². The Morgan fingerprint density at radius 1 is 1.05 bits per heavy atom. The van der Waals surface area contributed by atoms with Crippen LogP contribution in [0.3, 0.4) is 0 Å².